The molecule has 5 rings (SSSR count). The number of carbonyl (C=O) groups excluding carboxylic acids is 1. The van der Waals surface area contributed by atoms with Gasteiger partial charge in [-0.25, -0.2) is 0 Å². The van der Waals surface area contributed by atoms with Crippen LogP contribution in [-0.2, 0) is 11.2 Å². The second-order valence-electron chi connectivity index (χ2n) is 8.45. The molecular formula is C24H25ClN6O2. The summed E-state index contributed by atoms with van der Waals surface area (Å²) in [4.78, 5) is 14.9. The highest BCUT2D eigenvalue weighted by molar-refractivity contribution is 6.30. The van der Waals surface area contributed by atoms with Gasteiger partial charge in [0, 0.05) is 42.1 Å². The van der Waals surface area contributed by atoms with E-state index >= 15 is 0 Å². The van der Waals surface area contributed by atoms with Crippen molar-refractivity contribution in [1.82, 2.24) is 25.1 Å². The Morgan fingerprint density at radius 2 is 1.94 bits per heavy atom. The largest absolute Gasteiger partial charge is 0.469 e. The number of piperidine rings is 1. The van der Waals surface area contributed by atoms with Crippen molar-refractivity contribution in [3.8, 4) is 11.4 Å². The average Bonchev–Trinajstić information content (AvgIpc) is 3.49. The van der Waals surface area contributed by atoms with Crippen LogP contribution in [0.15, 0.2) is 59.2 Å². The minimum absolute atomic E-state index is 0.00331. The first-order valence-electron chi connectivity index (χ1n) is 11.1. The lowest BCUT2D eigenvalue weighted by molar-refractivity contribution is -0.126. The van der Waals surface area contributed by atoms with Gasteiger partial charge in [-0.3, -0.25) is 4.79 Å². The molecular weight excluding hydrogens is 440 g/mol. The van der Waals surface area contributed by atoms with Gasteiger partial charge in [0.1, 0.15) is 11.6 Å². The number of nitrogens with one attached hydrogen (secondary N) is 1. The molecule has 1 saturated heterocycles. The van der Waals surface area contributed by atoms with Gasteiger partial charge in [0.15, 0.2) is 11.5 Å². The number of fused-ring (bicyclic) bond motifs is 1. The van der Waals surface area contributed by atoms with Crippen molar-refractivity contribution < 1.29 is 9.21 Å². The van der Waals surface area contributed by atoms with Crippen molar-refractivity contribution in [2.24, 2.45) is 5.92 Å². The van der Waals surface area contributed by atoms with Crippen LogP contribution in [0.1, 0.15) is 25.5 Å². The maximum Gasteiger partial charge on any atom is 0.223 e. The molecule has 1 aromatic carbocycles. The van der Waals surface area contributed by atoms with Gasteiger partial charge < -0.3 is 14.6 Å². The topological polar surface area (TPSA) is 88.6 Å². The van der Waals surface area contributed by atoms with Crippen LogP contribution in [-0.4, -0.2) is 44.8 Å². The lowest BCUT2D eigenvalue weighted by Gasteiger charge is -2.32. The van der Waals surface area contributed by atoms with Gasteiger partial charge in [-0.05, 0) is 68.3 Å². The van der Waals surface area contributed by atoms with Gasteiger partial charge in [-0.15, -0.1) is 15.3 Å². The predicted octanol–water partition coefficient (Wildman–Crippen LogP) is 4.00. The molecule has 8 nitrogen and oxygen atoms in total. The third-order valence-electron chi connectivity index (χ3n) is 6.02. The molecule has 9 heteroatoms. The van der Waals surface area contributed by atoms with E-state index in [1.807, 2.05) is 55.5 Å². The first-order chi connectivity index (χ1) is 16.1. The molecule has 1 N–H and O–H groups in total. The van der Waals surface area contributed by atoms with Crippen molar-refractivity contribution in [2.45, 2.75) is 32.2 Å². The SMILES string of the molecule is CC(Cc1ccco1)NC(=O)C1CCN(c2ccc3nnc(-c4ccc(Cl)cc4)n3n2)CC1. The van der Waals surface area contributed by atoms with Gasteiger partial charge in [0.2, 0.25) is 5.91 Å². The molecule has 0 bridgehead atoms. The predicted molar refractivity (Wildman–Crippen MR) is 126 cm³/mol. The molecule has 1 fully saturated rings. The van der Waals surface area contributed by atoms with Crippen LogP contribution in [0.25, 0.3) is 17.0 Å². The Morgan fingerprint density at radius 1 is 1.15 bits per heavy atom. The van der Waals surface area contributed by atoms with E-state index in [-0.39, 0.29) is 17.9 Å². The van der Waals surface area contributed by atoms with Gasteiger partial charge in [-0.1, -0.05) is 11.6 Å². The Kier molecular flexibility index (Phi) is 6.00. The Morgan fingerprint density at radius 3 is 2.67 bits per heavy atom. The monoisotopic (exact) mass is 464 g/mol. The first kappa shape index (κ1) is 21.5. The molecule has 170 valence electrons. The number of anilines is 1. The maximum absolute atomic E-state index is 12.7. The van der Waals surface area contributed by atoms with Crippen LogP contribution in [0.2, 0.25) is 5.02 Å². The number of carbonyl (C=O) groups is 1. The normalized spacial score (nSPS) is 15.6. The molecule has 0 spiro atoms. The van der Waals surface area contributed by atoms with Gasteiger partial charge in [0.05, 0.1) is 6.26 Å². The van der Waals surface area contributed by atoms with E-state index in [9.17, 15) is 4.79 Å². The minimum Gasteiger partial charge on any atom is -0.469 e. The fraction of sp³-hybridized carbons (Fsp3) is 0.333. The minimum atomic E-state index is 0.00331. The zero-order valence-electron chi connectivity index (χ0n) is 18.3. The molecule has 0 saturated carbocycles. The molecule has 1 aliphatic heterocycles. The number of benzene rings is 1. The number of furan rings is 1. The Bertz CT molecular complexity index is 1230. The number of hydrogen-bond acceptors (Lipinski definition) is 6. The summed E-state index contributed by atoms with van der Waals surface area (Å²) in [5, 5.41) is 17.1. The molecule has 33 heavy (non-hydrogen) atoms. The van der Waals surface area contributed by atoms with E-state index in [4.69, 9.17) is 21.1 Å². The molecule has 1 amide bonds. The summed E-state index contributed by atoms with van der Waals surface area (Å²) in [5.41, 5.74) is 1.58. The molecule has 1 unspecified atom stereocenters. The second kappa shape index (κ2) is 9.23. The zero-order chi connectivity index (χ0) is 22.8. The summed E-state index contributed by atoms with van der Waals surface area (Å²) >= 11 is 6.01. The molecule has 1 atom stereocenters. The van der Waals surface area contributed by atoms with Crippen LogP contribution < -0.4 is 10.2 Å². The number of aromatic nitrogens is 4. The van der Waals surface area contributed by atoms with Crippen LogP contribution in [0.3, 0.4) is 0 Å². The zero-order valence-corrected chi connectivity index (χ0v) is 19.1. The lowest BCUT2D eigenvalue weighted by atomic mass is 9.95. The quantitative estimate of drug-likeness (QED) is 0.464. The third kappa shape index (κ3) is 4.71. The average molecular weight is 465 g/mol. The van der Waals surface area contributed by atoms with Gasteiger partial charge in [-0.2, -0.15) is 4.52 Å². The fourth-order valence-electron chi connectivity index (χ4n) is 4.24. The molecule has 1 aliphatic rings. The van der Waals surface area contributed by atoms with E-state index in [1.165, 1.54) is 0 Å². The lowest BCUT2D eigenvalue weighted by Crippen LogP contribution is -2.44. The van der Waals surface area contributed by atoms with E-state index in [1.54, 1.807) is 10.8 Å². The van der Waals surface area contributed by atoms with E-state index in [0.717, 1.165) is 43.1 Å². The summed E-state index contributed by atoms with van der Waals surface area (Å²) in [5.74, 6) is 2.52. The van der Waals surface area contributed by atoms with E-state index in [0.29, 0.717) is 22.9 Å². The Balaban J connectivity index is 1.23. The third-order valence-corrected chi connectivity index (χ3v) is 6.27. The smallest absolute Gasteiger partial charge is 0.223 e. The van der Waals surface area contributed by atoms with Gasteiger partial charge in [0.25, 0.3) is 0 Å². The Labute approximate surface area is 196 Å². The number of halogens is 1. The van der Waals surface area contributed by atoms with E-state index in [2.05, 4.69) is 20.4 Å². The highest BCUT2D eigenvalue weighted by atomic mass is 35.5. The highest BCUT2D eigenvalue weighted by Gasteiger charge is 2.27. The summed E-state index contributed by atoms with van der Waals surface area (Å²) in [6.07, 6.45) is 3.91. The van der Waals surface area contributed by atoms with Crippen molar-refractivity contribution in [3.63, 3.8) is 0 Å². The molecule has 3 aromatic heterocycles. The van der Waals surface area contributed by atoms with Crippen LogP contribution in [0.5, 0.6) is 0 Å². The van der Waals surface area contributed by atoms with Gasteiger partial charge >= 0.3 is 0 Å². The molecule has 4 heterocycles. The number of nitrogens with zero attached hydrogens (tertiary/aromatic N) is 5. The second-order valence-corrected chi connectivity index (χ2v) is 8.88. The first-order valence-corrected chi connectivity index (χ1v) is 11.5. The number of rotatable bonds is 6. The number of hydrogen-bond donors (Lipinski definition) is 1. The summed E-state index contributed by atoms with van der Waals surface area (Å²) < 4.78 is 7.14. The fourth-order valence-corrected chi connectivity index (χ4v) is 4.37. The molecule has 4 aromatic rings. The Hall–Kier alpha value is -3.39. The standard InChI is InChI=1S/C24H25ClN6O2/c1-16(15-20-3-2-14-33-20)26-24(32)18-10-12-30(13-11-18)22-9-8-21-27-28-23(31(21)29-22)17-4-6-19(25)7-5-17/h2-9,14,16,18H,10-13,15H2,1H3,(H,26,32). The number of amides is 1. The van der Waals surface area contributed by atoms with Crippen molar-refractivity contribution in [1.29, 1.82) is 0 Å². The molecule has 0 radical (unpaired) electrons. The van der Waals surface area contributed by atoms with Crippen molar-refractivity contribution in [2.75, 3.05) is 18.0 Å². The van der Waals surface area contributed by atoms with Crippen molar-refractivity contribution >= 4 is 29.0 Å². The van der Waals surface area contributed by atoms with E-state index < -0.39 is 0 Å². The van der Waals surface area contributed by atoms with Crippen LogP contribution >= 0.6 is 11.6 Å². The van der Waals surface area contributed by atoms with Crippen molar-refractivity contribution in [3.05, 3.63) is 65.6 Å². The maximum atomic E-state index is 12.7. The van der Waals surface area contributed by atoms with Crippen LogP contribution in [0, 0.1) is 5.92 Å². The highest BCUT2D eigenvalue weighted by Crippen LogP contribution is 2.25. The summed E-state index contributed by atoms with van der Waals surface area (Å²) in [6.45, 7) is 3.54. The summed E-state index contributed by atoms with van der Waals surface area (Å²) in [6, 6.07) is 15.2. The molecule has 0 aliphatic carbocycles. The summed E-state index contributed by atoms with van der Waals surface area (Å²) in [7, 11) is 0. The van der Waals surface area contributed by atoms with Crippen LogP contribution in [0.4, 0.5) is 5.82 Å².